The molecule has 0 aromatic heterocycles. The fourth-order valence-electron chi connectivity index (χ4n) is 2.44. The molecule has 6 nitrogen and oxygen atoms in total. The highest BCUT2D eigenvalue weighted by Gasteiger charge is 2.32. The largest absolute Gasteiger partial charge is 0.271 e. The summed E-state index contributed by atoms with van der Waals surface area (Å²) in [6.45, 7) is 0.265. The van der Waals surface area contributed by atoms with Crippen molar-refractivity contribution in [3.8, 4) is 0 Å². The van der Waals surface area contributed by atoms with Crippen molar-refractivity contribution in [1.82, 2.24) is 0 Å². The van der Waals surface area contributed by atoms with E-state index in [0.717, 1.165) is 5.56 Å². The van der Waals surface area contributed by atoms with Gasteiger partial charge in [-0.25, -0.2) is 8.42 Å². The summed E-state index contributed by atoms with van der Waals surface area (Å²) in [5.74, 6) is 0. The van der Waals surface area contributed by atoms with E-state index in [1.54, 1.807) is 6.07 Å². The van der Waals surface area contributed by atoms with Crippen molar-refractivity contribution in [2.24, 2.45) is 0 Å². The molecule has 22 heavy (non-hydrogen) atoms. The quantitative estimate of drug-likeness (QED) is 0.636. The van der Waals surface area contributed by atoms with Gasteiger partial charge in [0.05, 0.1) is 15.5 Å². The van der Waals surface area contributed by atoms with Gasteiger partial charge in [-0.1, -0.05) is 17.7 Å². The first-order valence-electron chi connectivity index (χ1n) is 6.45. The van der Waals surface area contributed by atoms with E-state index in [0.29, 0.717) is 17.1 Å². The van der Waals surface area contributed by atoms with Crippen LogP contribution in [0.3, 0.4) is 0 Å². The lowest BCUT2D eigenvalue weighted by atomic mass is 10.1. The highest BCUT2D eigenvalue weighted by atomic mass is 35.5. The number of anilines is 1. The zero-order chi connectivity index (χ0) is 15.9. The summed E-state index contributed by atoms with van der Waals surface area (Å²) >= 11 is 5.77. The predicted octanol–water partition coefficient (Wildman–Crippen LogP) is 3.00. The summed E-state index contributed by atoms with van der Waals surface area (Å²) in [6, 6.07) is 10.1. The lowest BCUT2D eigenvalue weighted by Crippen LogP contribution is -2.29. The van der Waals surface area contributed by atoms with Gasteiger partial charge >= 0.3 is 0 Å². The summed E-state index contributed by atoms with van der Waals surface area (Å²) in [7, 11) is -3.76. The monoisotopic (exact) mass is 338 g/mol. The highest BCUT2D eigenvalue weighted by molar-refractivity contribution is 7.92. The SMILES string of the molecule is O=[N+]([O-])c1ccc2c(c1)N(S(=O)(=O)c1ccc(Cl)cc1)CC2. The number of non-ortho nitro benzene ring substituents is 1. The molecule has 0 bridgehead atoms. The zero-order valence-electron chi connectivity index (χ0n) is 11.3. The third kappa shape index (κ3) is 2.42. The van der Waals surface area contributed by atoms with E-state index < -0.39 is 14.9 Å². The Morgan fingerprint density at radius 1 is 1.14 bits per heavy atom. The van der Waals surface area contributed by atoms with Crippen molar-refractivity contribution in [1.29, 1.82) is 0 Å². The van der Waals surface area contributed by atoms with E-state index in [1.807, 2.05) is 0 Å². The van der Waals surface area contributed by atoms with Crippen LogP contribution < -0.4 is 4.31 Å². The molecule has 2 aromatic carbocycles. The highest BCUT2D eigenvalue weighted by Crippen LogP contribution is 2.35. The first kappa shape index (κ1) is 14.8. The molecule has 0 saturated carbocycles. The molecule has 0 atom stereocenters. The van der Waals surface area contributed by atoms with Gasteiger partial charge in [-0.2, -0.15) is 0 Å². The first-order chi connectivity index (χ1) is 10.4. The Bertz CT molecular complexity index is 850. The molecule has 8 heteroatoms. The molecule has 0 N–H and O–H groups in total. The molecular formula is C14H11ClN2O4S. The van der Waals surface area contributed by atoms with Crippen LogP contribution >= 0.6 is 11.6 Å². The molecule has 0 amide bonds. The molecule has 1 aliphatic rings. The van der Waals surface area contributed by atoms with Gasteiger partial charge < -0.3 is 0 Å². The molecule has 0 unspecified atom stereocenters. The number of fused-ring (bicyclic) bond motifs is 1. The molecule has 0 radical (unpaired) electrons. The lowest BCUT2D eigenvalue weighted by Gasteiger charge is -2.19. The number of hydrogen-bond acceptors (Lipinski definition) is 4. The topological polar surface area (TPSA) is 80.5 Å². The molecule has 0 spiro atoms. The van der Waals surface area contributed by atoms with E-state index in [2.05, 4.69) is 0 Å². The predicted molar refractivity (Wildman–Crippen MR) is 82.8 cm³/mol. The van der Waals surface area contributed by atoms with Crippen LogP contribution in [0.5, 0.6) is 0 Å². The van der Waals surface area contributed by atoms with Crippen molar-refractivity contribution in [2.45, 2.75) is 11.3 Å². The van der Waals surface area contributed by atoms with Crippen LogP contribution in [0.25, 0.3) is 0 Å². The van der Waals surface area contributed by atoms with Crippen molar-refractivity contribution in [3.05, 3.63) is 63.2 Å². The summed E-state index contributed by atoms with van der Waals surface area (Å²) in [4.78, 5) is 10.5. The summed E-state index contributed by atoms with van der Waals surface area (Å²) in [5, 5.41) is 11.3. The molecule has 2 aromatic rings. The third-order valence-electron chi connectivity index (χ3n) is 3.53. The van der Waals surface area contributed by atoms with Crippen LogP contribution in [0, 0.1) is 10.1 Å². The van der Waals surface area contributed by atoms with Gasteiger partial charge in [-0.3, -0.25) is 14.4 Å². The van der Waals surface area contributed by atoms with Crippen LogP contribution in [0.1, 0.15) is 5.56 Å². The second-order valence-corrected chi connectivity index (χ2v) is 7.15. The number of nitrogens with zero attached hydrogens (tertiary/aromatic N) is 2. The van der Waals surface area contributed by atoms with Crippen LogP contribution in [-0.2, 0) is 16.4 Å². The number of rotatable bonds is 3. The van der Waals surface area contributed by atoms with Crippen LogP contribution in [-0.4, -0.2) is 19.9 Å². The summed E-state index contributed by atoms with van der Waals surface area (Å²) in [5.41, 5.74) is 1.02. The number of nitro groups is 1. The van der Waals surface area contributed by atoms with E-state index >= 15 is 0 Å². The molecular weight excluding hydrogens is 328 g/mol. The number of hydrogen-bond donors (Lipinski definition) is 0. The van der Waals surface area contributed by atoms with E-state index in [-0.39, 0.29) is 17.1 Å². The van der Waals surface area contributed by atoms with Crippen molar-refractivity contribution < 1.29 is 13.3 Å². The zero-order valence-corrected chi connectivity index (χ0v) is 12.8. The number of nitro benzene ring substituents is 1. The lowest BCUT2D eigenvalue weighted by molar-refractivity contribution is -0.384. The maximum absolute atomic E-state index is 12.7. The Morgan fingerprint density at radius 2 is 1.82 bits per heavy atom. The maximum Gasteiger partial charge on any atom is 0.271 e. The molecule has 0 saturated heterocycles. The van der Waals surface area contributed by atoms with Crippen LogP contribution in [0.15, 0.2) is 47.4 Å². The third-order valence-corrected chi connectivity index (χ3v) is 5.61. The standard InChI is InChI=1S/C14H11ClN2O4S/c15-11-2-5-13(6-3-11)22(20,21)16-8-7-10-1-4-12(17(18)19)9-14(10)16/h1-6,9H,7-8H2. The minimum absolute atomic E-state index is 0.108. The van der Waals surface area contributed by atoms with Crippen LogP contribution in [0.4, 0.5) is 11.4 Å². The maximum atomic E-state index is 12.7. The fourth-order valence-corrected chi connectivity index (χ4v) is 4.06. The van der Waals surface area contributed by atoms with Gasteiger partial charge in [0.25, 0.3) is 15.7 Å². The van der Waals surface area contributed by atoms with Crippen molar-refractivity contribution in [2.75, 3.05) is 10.8 Å². The number of halogens is 1. The minimum atomic E-state index is -3.76. The molecule has 0 aliphatic carbocycles. The summed E-state index contributed by atoms with van der Waals surface area (Å²) < 4.78 is 26.6. The van der Waals surface area contributed by atoms with E-state index in [1.165, 1.54) is 40.7 Å². The average molecular weight is 339 g/mol. The number of benzene rings is 2. The Balaban J connectivity index is 2.06. The van der Waals surface area contributed by atoms with Gasteiger partial charge in [0, 0.05) is 23.7 Å². The molecule has 1 aliphatic heterocycles. The minimum Gasteiger partial charge on any atom is -0.265 e. The Hall–Kier alpha value is -2.12. The van der Waals surface area contributed by atoms with E-state index in [4.69, 9.17) is 11.6 Å². The Labute approximate surface area is 132 Å². The normalized spacial score (nSPS) is 14.0. The van der Waals surface area contributed by atoms with E-state index in [9.17, 15) is 18.5 Å². The van der Waals surface area contributed by atoms with Gasteiger partial charge in [0.2, 0.25) is 0 Å². The van der Waals surface area contributed by atoms with Gasteiger partial charge in [-0.15, -0.1) is 0 Å². The molecule has 114 valence electrons. The Kier molecular flexibility index (Phi) is 3.54. The second-order valence-electron chi connectivity index (χ2n) is 4.85. The average Bonchev–Trinajstić information content (AvgIpc) is 2.91. The molecule has 3 rings (SSSR count). The number of sulfonamides is 1. The van der Waals surface area contributed by atoms with Gasteiger partial charge in [-0.05, 0) is 36.2 Å². The van der Waals surface area contributed by atoms with Gasteiger partial charge in [0.15, 0.2) is 0 Å². The van der Waals surface area contributed by atoms with Crippen molar-refractivity contribution >= 4 is 33.0 Å². The molecule has 1 heterocycles. The second kappa shape index (κ2) is 5.26. The smallest absolute Gasteiger partial charge is 0.265 e. The Morgan fingerprint density at radius 3 is 2.45 bits per heavy atom. The van der Waals surface area contributed by atoms with Gasteiger partial charge in [0.1, 0.15) is 0 Å². The first-order valence-corrected chi connectivity index (χ1v) is 8.27. The molecule has 0 fully saturated rings. The van der Waals surface area contributed by atoms with Crippen molar-refractivity contribution in [3.63, 3.8) is 0 Å². The fraction of sp³-hybridized carbons (Fsp3) is 0.143. The summed E-state index contributed by atoms with van der Waals surface area (Å²) in [6.07, 6.45) is 0.528. The van der Waals surface area contributed by atoms with Crippen LogP contribution in [0.2, 0.25) is 5.02 Å².